The van der Waals surface area contributed by atoms with E-state index in [-0.39, 0.29) is 0 Å². The van der Waals surface area contributed by atoms with E-state index in [1.165, 1.54) is 34.9 Å². The lowest BCUT2D eigenvalue weighted by atomic mass is 9.98. The van der Waals surface area contributed by atoms with Gasteiger partial charge in [0.15, 0.2) is 0 Å². The highest BCUT2D eigenvalue weighted by atomic mass is 79.9. The van der Waals surface area contributed by atoms with Crippen molar-refractivity contribution in [2.45, 2.75) is 31.2 Å². The molecule has 2 N–H and O–H groups in total. The molecule has 0 bridgehead atoms. The van der Waals surface area contributed by atoms with Crippen molar-refractivity contribution in [3.8, 4) is 0 Å². The minimum absolute atomic E-state index is 0.545. The molecule has 0 aromatic heterocycles. The molecule has 1 heterocycles. The first-order valence-electron chi connectivity index (χ1n) is 6.88. The van der Waals surface area contributed by atoms with E-state index in [9.17, 15) is 0 Å². The average Bonchev–Trinajstić information content (AvgIpc) is 3.12. The molecule has 0 radical (unpaired) electrons. The minimum Gasteiger partial charge on any atom is -0.330 e. The van der Waals surface area contributed by atoms with E-state index >= 15 is 0 Å². The normalized spacial score (nSPS) is 28.8. The summed E-state index contributed by atoms with van der Waals surface area (Å²) >= 11 is 3.74. The van der Waals surface area contributed by atoms with E-state index in [0.29, 0.717) is 12.0 Å². The number of benzene rings is 1. The highest BCUT2D eigenvalue weighted by Crippen LogP contribution is 2.44. The molecule has 2 aliphatic rings. The second kappa shape index (κ2) is 4.95. The van der Waals surface area contributed by atoms with E-state index in [0.717, 1.165) is 19.0 Å². The average molecular weight is 309 g/mol. The van der Waals surface area contributed by atoms with Gasteiger partial charge in [0.2, 0.25) is 0 Å². The van der Waals surface area contributed by atoms with Crippen LogP contribution in [0.4, 0.5) is 0 Å². The Balaban J connectivity index is 1.82. The molecule has 0 spiro atoms. The molecular formula is C15H21BrN2. The van der Waals surface area contributed by atoms with Gasteiger partial charge in [-0.2, -0.15) is 0 Å². The summed E-state index contributed by atoms with van der Waals surface area (Å²) in [7, 11) is 2.21. The lowest BCUT2D eigenvalue weighted by Gasteiger charge is -2.20. The van der Waals surface area contributed by atoms with E-state index < -0.39 is 0 Å². The molecular weight excluding hydrogens is 288 g/mol. The van der Waals surface area contributed by atoms with Crippen LogP contribution in [-0.2, 0) is 0 Å². The van der Waals surface area contributed by atoms with Crippen LogP contribution in [0.5, 0.6) is 0 Å². The summed E-state index contributed by atoms with van der Waals surface area (Å²) in [6.07, 6.45) is 3.91. The van der Waals surface area contributed by atoms with Crippen molar-refractivity contribution in [1.29, 1.82) is 0 Å². The lowest BCUT2D eigenvalue weighted by molar-refractivity contribution is 0.313. The first-order valence-corrected chi connectivity index (χ1v) is 7.68. The fourth-order valence-corrected chi connectivity index (χ4v) is 3.86. The van der Waals surface area contributed by atoms with Crippen molar-refractivity contribution in [3.63, 3.8) is 0 Å². The van der Waals surface area contributed by atoms with Crippen LogP contribution in [0.25, 0.3) is 0 Å². The molecule has 1 aromatic rings. The fraction of sp³-hybridized carbons (Fsp3) is 0.600. The van der Waals surface area contributed by atoms with E-state index in [4.69, 9.17) is 5.73 Å². The van der Waals surface area contributed by atoms with Crippen LogP contribution < -0.4 is 5.73 Å². The molecule has 1 aromatic carbocycles. The van der Waals surface area contributed by atoms with Gasteiger partial charge in [0.1, 0.15) is 0 Å². The molecule has 1 aliphatic carbocycles. The van der Waals surface area contributed by atoms with Crippen molar-refractivity contribution >= 4 is 15.9 Å². The zero-order valence-corrected chi connectivity index (χ0v) is 12.5. The molecule has 1 saturated heterocycles. The molecule has 1 aliphatic heterocycles. The van der Waals surface area contributed by atoms with Crippen molar-refractivity contribution in [1.82, 2.24) is 4.90 Å². The van der Waals surface area contributed by atoms with Crippen LogP contribution in [0.3, 0.4) is 0 Å². The highest BCUT2D eigenvalue weighted by molar-refractivity contribution is 9.10. The molecule has 2 atom stereocenters. The number of nitrogens with two attached hydrogens (primary N) is 1. The van der Waals surface area contributed by atoms with Gasteiger partial charge < -0.3 is 5.73 Å². The topological polar surface area (TPSA) is 29.3 Å². The Morgan fingerprint density at radius 1 is 1.39 bits per heavy atom. The Hall–Kier alpha value is -0.380. The summed E-state index contributed by atoms with van der Waals surface area (Å²) in [5, 5.41) is 0. The van der Waals surface area contributed by atoms with Gasteiger partial charge in [-0.25, -0.2) is 0 Å². The van der Waals surface area contributed by atoms with Crippen molar-refractivity contribution in [3.05, 3.63) is 33.8 Å². The van der Waals surface area contributed by atoms with E-state index in [1.807, 2.05) is 0 Å². The first-order chi connectivity index (χ1) is 8.69. The van der Waals surface area contributed by atoms with Crippen molar-refractivity contribution in [2.75, 3.05) is 20.1 Å². The molecule has 98 valence electrons. The summed E-state index contributed by atoms with van der Waals surface area (Å²) in [6, 6.07) is 7.51. The highest BCUT2D eigenvalue weighted by Gasteiger charge is 2.31. The van der Waals surface area contributed by atoms with Crippen LogP contribution in [-0.4, -0.2) is 25.0 Å². The third kappa shape index (κ3) is 2.36. The fourth-order valence-electron chi connectivity index (χ4n) is 3.14. The van der Waals surface area contributed by atoms with Crippen LogP contribution in [0.2, 0.25) is 0 Å². The van der Waals surface area contributed by atoms with Crippen molar-refractivity contribution < 1.29 is 0 Å². The second-order valence-electron chi connectivity index (χ2n) is 5.85. The Morgan fingerprint density at radius 3 is 2.72 bits per heavy atom. The largest absolute Gasteiger partial charge is 0.330 e. The number of nitrogens with zero attached hydrogens (tertiary/aromatic N) is 1. The maximum Gasteiger partial charge on any atom is 0.0349 e. The van der Waals surface area contributed by atoms with Gasteiger partial charge in [-0.05, 0) is 61.9 Å². The molecule has 0 amide bonds. The Bertz CT molecular complexity index is 442. The minimum atomic E-state index is 0.545. The summed E-state index contributed by atoms with van der Waals surface area (Å²) < 4.78 is 1.30. The quantitative estimate of drug-likeness (QED) is 0.928. The van der Waals surface area contributed by atoms with E-state index in [2.05, 4.69) is 46.1 Å². The summed E-state index contributed by atoms with van der Waals surface area (Å²) in [5.41, 5.74) is 8.73. The molecule has 2 fully saturated rings. The van der Waals surface area contributed by atoms with Crippen LogP contribution >= 0.6 is 15.9 Å². The molecule has 2 unspecified atom stereocenters. The summed E-state index contributed by atoms with van der Waals surface area (Å²) in [5.74, 6) is 1.47. The zero-order valence-electron chi connectivity index (χ0n) is 10.9. The first kappa shape index (κ1) is 12.6. The smallest absolute Gasteiger partial charge is 0.0349 e. The maximum atomic E-state index is 5.80. The number of likely N-dealkylation sites (tertiary alicyclic amines) is 1. The lowest BCUT2D eigenvalue weighted by Crippen LogP contribution is -2.20. The zero-order chi connectivity index (χ0) is 12.7. The van der Waals surface area contributed by atoms with Crippen molar-refractivity contribution in [2.24, 2.45) is 11.7 Å². The van der Waals surface area contributed by atoms with Gasteiger partial charge in [0, 0.05) is 17.1 Å². The van der Waals surface area contributed by atoms with Gasteiger partial charge in [-0.3, -0.25) is 4.90 Å². The van der Waals surface area contributed by atoms with Crippen LogP contribution in [0.15, 0.2) is 22.7 Å². The van der Waals surface area contributed by atoms with Crippen LogP contribution in [0, 0.1) is 5.92 Å². The predicted molar refractivity (Wildman–Crippen MR) is 78.6 cm³/mol. The van der Waals surface area contributed by atoms with Gasteiger partial charge >= 0.3 is 0 Å². The molecule has 2 nitrogen and oxygen atoms in total. The summed E-state index contributed by atoms with van der Waals surface area (Å²) in [6.45, 7) is 1.94. The third-order valence-corrected chi connectivity index (χ3v) is 5.08. The predicted octanol–water partition coefficient (Wildman–Crippen LogP) is 3.28. The monoisotopic (exact) mass is 308 g/mol. The number of hydrogen-bond acceptors (Lipinski definition) is 2. The number of halogens is 1. The third-order valence-electron chi connectivity index (χ3n) is 4.39. The van der Waals surface area contributed by atoms with Gasteiger partial charge in [-0.1, -0.05) is 28.1 Å². The van der Waals surface area contributed by atoms with Gasteiger partial charge in [0.05, 0.1) is 0 Å². The maximum absolute atomic E-state index is 5.80. The van der Waals surface area contributed by atoms with E-state index in [1.54, 1.807) is 0 Å². The summed E-state index contributed by atoms with van der Waals surface area (Å²) in [4.78, 5) is 2.44. The number of rotatable bonds is 3. The number of hydrogen-bond donors (Lipinski definition) is 1. The Kier molecular flexibility index (Phi) is 3.48. The van der Waals surface area contributed by atoms with Crippen LogP contribution in [0.1, 0.15) is 42.3 Å². The molecule has 3 heteroatoms. The van der Waals surface area contributed by atoms with Gasteiger partial charge in [-0.15, -0.1) is 0 Å². The Labute approximate surface area is 118 Å². The van der Waals surface area contributed by atoms with Gasteiger partial charge in [0.25, 0.3) is 0 Å². The Morgan fingerprint density at radius 2 is 2.17 bits per heavy atom. The standard InChI is InChI=1S/C15H21BrN2/c1-18-9-10(8-17)6-15(18)12-4-5-13(11-2-3-11)14(16)7-12/h4-5,7,10-11,15H,2-3,6,8-9,17H2,1H3. The molecule has 1 saturated carbocycles. The SMILES string of the molecule is CN1CC(CN)CC1c1ccc(C2CC2)c(Br)c1. The molecule has 18 heavy (non-hydrogen) atoms. The molecule has 3 rings (SSSR count). The second-order valence-corrected chi connectivity index (χ2v) is 6.70.